The lowest BCUT2D eigenvalue weighted by molar-refractivity contribution is -0.138. The average molecular weight is 366 g/mol. The second kappa shape index (κ2) is 7.87. The third-order valence-electron chi connectivity index (χ3n) is 5.21. The molecule has 2 nitrogen and oxygen atoms in total. The van der Waals surface area contributed by atoms with Gasteiger partial charge in [-0.3, -0.25) is 0 Å². The molecule has 0 spiro atoms. The maximum absolute atomic E-state index is 13.8. The van der Waals surface area contributed by atoms with Crippen LogP contribution in [0.5, 0.6) is 5.75 Å². The quantitative estimate of drug-likeness (QED) is 0.731. The normalized spacial score (nSPS) is 21.1. The predicted molar refractivity (Wildman–Crippen MR) is 96.4 cm³/mol. The van der Waals surface area contributed by atoms with Crippen LogP contribution in [-0.4, -0.2) is 17.8 Å². The number of aliphatic hydroxyl groups excluding tert-OH is 1. The van der Waals surface area contributed by atoms with Gasteiger partial charge in [0.05, 0.1) is 6.10 Å². The minimum atomic E-state index is -4.47. The smallest absolute Gasteiger partial charge is 0.420 e. The van der Waals surface area contributed by atoms with Crippen molar-refractivity contribution in [2.45, 2.75) is 57.7 Å². The van der Waals surface area contributed by atoms with Crippen LogP contribution in [0.3, 0.4) is 0 Å². The fourth-order valence-corrected chi connectivity index (χ4v) is 3.72. The van der Waals surface area contributed by atoms with Crippen LogP contribution in [-0.2, 0) is 12.6 Å². The number of ether oxygens (including phenoxy) is 1. The molecule has 2 aromatic carbocycles. The molecule has 1 aliphatic carbocycles. The van der Waals surface area contributed by atoms with Crippen LogP contribution in [0.2, 0.25) is 0 Å². The van der Waals surface area contributed by atoms with Gasteiger partial charge in [0.15, 0.2) is 0 Å². The molecule has 0 amide bonds. The van der Waals surface area contributed by atoms with Crippen molar-refractivity contribution in [2.24, 2.45) is 5.92 Å². The Bertz CT molecular complexity index is 747. The van der Waals surface area contributed by atoms with Crippen molar-refractivity contribution in [3.63, 3.8) is 0 Å². The summed E-state index contributed by atoms with van der Waals surface area (Å²) >= 11 is 0. The Labute approximate surface area is 152 Å². The van der Waals surface area contributed by atoms with E-state index in [2.05, 4.69) is 6.92 Å². The van der Waals surface area contributed by atoms with Gasteiger partial charge in [-0.2, -0.15) is 13.2 Å². The molecule has 0 unspecified atom stereocenters. The van der Waals surface area contributed by atoms with E-state index in [-0.39, 0.29) is 23.8 Å². The largest absolute Gasteiger partial charge is 0.490 e. The molecule has 1 aliphatic rings. The van der Waals surface area contributed by atoms with Gasteiger partial charge in [-0.05, 0) is 66.8 Å². The van der Waals surface area contributed by atoms with E-state index in [1.165, 1.54) is 12.1 Å². The first kappa shape index (κ1) is 19.0. The summed E-state index contributed by atoms with van der Waals surface area (Å²) < 4.78 is 47.2. The van der Waals surface area contributed by atoms with Crippen molar-refractivity contribution in [1.82, 2.24) is 0 Å². The molecule has 0 heterocycles. The van der Waals surface area contributed by atoms with E-state index >= 15 is 0 Å². The molecule has 1 fully saturated rings. The SMILES string of the molecule is CC1CCC(Oc2ccc3cc(CCCO)ccc3c2C(F)(F)F)CC1. The number of hydrogen-bond acceptors (Lipinski definition) is 2. The van der Waals surface area contributed by atoms with Crippen LogP contribution >= 0.6 is 0 Å². The number of aliphatic hydroxyl groups is 1. The Morgan fingerprint density at radius 2 is 1.81 bits per heavy atom. The van der Waals surface area contributed by atoms with Crippen molar-refractivity contribution in [2.75, 3.05) is 6.61 Å². The third kappa shape index (κ3) is 4.32. The maximum atomic E-state index is 13.8. The van der Waals surface area contributed by atoms with Gasteiger partial charge in [-0.25, -0.2) is 0 Å². The van der Waals surface area contributed by atoms with E-state index in [1.54, 1.807) is 18.2 Å². The van der Waals surface area contributed by atoms with Gasteiger partial charge in [0.1, 0.15) is 11.3 Å². The standard InChI is InChI=1S/C21H25F3O2/c1-14-4-8-17(9-5-14)26-19-11-7-16-13-15(3-2-12-25)6-10-18(16)20(19)21(22,23)24/h6-7,10-11,13-14,17,25H,2-5,8-9,12H2,1H3. The van der Waals surface area contributed by atoms with E-state index < -0.39 is 11.7 Å². The number of benzene rings is 2. The number of halogens is 3. The second-order valence-electron chi connectivity index (χ2n) is 7.32. The molecular formula is C21H25F3O2. The van der Waals surface area contributed by atoms with Crippen LogP contribution in [0, 0.1) is 5.92 Å². The molecule has 0 saturated heterocycles. The van der Waals surface area contributed by atoms with Crippen LogP contribution < -0.4 is 4.74 Å². The fraction of sp³-hybridized carbons (Fsp3) is 0.524. The van der Waals surface area contributed by atoms with E-state index in [1.807, 2.05) is 0 Å². The summed E-state index contributed by atoms with van der Waals surface area (Å²) in [5.41, 5.74) is 0.247. The monoisotopic (exact) mass is 366 g/mol. The Kier molecular flexibility index (Phi) is 5.76. The van der Waals surface area contributed by atoms with Gasteiger partial charge in [-0.1, -0.05) is 31.2 Å². The molecular weight excluding hydrogens is 341 g/mol. The molecule has 0 radical (unpaired) electrons. The lowest BCUT2D eigenvalue weighted by Crippen LogP contribution is -2.24. The zero-order valence-corrected chi connectivity index (χ0v) is 15.0. The lowest BCUT2D eigenvalue weighted by atomic mass is 9.89. The van der Waals surface area contributed by atoms with Crippen molar-refractivity contribution >= 4 is 10.8 Å². The molecule has 0 aromatic heterocycles. The van der Waals surface area contributed by atoms with Gasteiger partial charge >= 0.3 is 6.18 Å². The lowest BCUT2D eigenvalue weighted by Gasteiger charge is -2.28. The van der Waals surface area contributed by atoms with E-state index in [0.717, 1.165) is 31.2 Å². The fourth-order valence-electron chi connectivity index (χ4n) is 3.72. The van der Waals surface area contributed by atoms with Gasteiger partial charge in [-0.15, -0.1) is 0 Å². The summed E-state index contributed by atoms with van der Waals surface area (Å²) in [7, 11) is 0. The summed E-state index contributed by atoms with van der Waals surface area (Å²) in [5, 5.41) is 9.66. The summed E-state index contributed by atoms with van der Waals surface area (Å²) in [5.74, 6) is 0.554. The molecule has 5 heteroatoms. The van der Waals surface area contributed by atoms with Crippen LogP contribution in [0.25, 0.3) is 10.8 Å². The Balaban J connectivity index is 1.95. The third-order valence-corrected chi connectivity index (χ3v) is 5.21. The van der Waals surface area contributed by atoms with Gasteiger partial charge < -0.3 is 9.84 Å². The van der Waals surface area contributed by atoms with Crippen LogP contribution in [0.4, 0.5) is 13.2 Å². The maximum Gasteiger partial charge on any atom is 0.420 e. The van der Waals surface area contributed by atoms with Crippen molar-refractivity contribution < 1.29 is 23.0 Å². The Morgan fingerprint density at radius 3 is 2.46 bits per heavy atom. The topological polar surface area (TPSA) is 29.5 Å². The molecule has 0 bridgehead atoms. The zero-order valence-electron chi connectivity index (χ0n) is 15.0. The minimum absolute atomic E-state index is 0.0624. The number of rotatable bonds is 5. The number of fused-ring (bicyclic) bond motifs is 1. The molecule has 0 aliphatic heterocycles. The Hall–Kier alpha value is -1.75. The second-order valence-corrected chi connectivity index (χ2v) is 7.32. The summed E-state index contributed by atoms with van der Waals surface area (Å²) in [6.07, 6.45) is 0.220. The predicted octanol–water partition coefficient (Wildman–Crippen LogP) is 5.74. The summed E-state index contributed by atoms with van der Waals surface area (Å²) in [6.45, 7) is 2.24. The highest BCUT2D eigenvalue weighted by Gasteiger charge is 2.37. The Morgan fingerprint density at radius 1 is 1.08 bits per heavy atom. The molecule has 1 N–H and O–H groups in total. The minimum Gasteiger partial charge on any atom is -0.490 e. The molecule has 3 rings (SSSR count). The molecule has 26 heavy (non-hydrogen) atoms. The van der Waals surface area contributed by atoms with E-state index in [4.69, 9.17) is 9.84 Å². The average Bonchev–Trinajstić information content (AvgIpc) is 2.60. The van der Waals surface area contributed by atoms with Gasteiger partial charge in [0.25, 0.3) is 0 Å². The van der Waals surface area contributed by atoms with Crippen molar-refractivity contribution in [1.29, 1.82) is 0 Å². The number of aryl methyl sites for hydroxylation is 1. The number of hydrogen-bond donors (Lipinski definition) is 1. The van der Waals surface area contributed by atoms with Gasteiger partial charge in [0, 0.05) is 6.61 Å². The van der Waals surface area contributed by atoms with Crippen LogP contribution in [0.15, 0.2) is 30.3 Å². The molecule has 1 saturated carbocycles. The van der Waals surface area contributed by atoms with Gasteiger partial charge in [0.2, 0.25) is 0 Å². The van der Waals surface area contributed by atoms with E-state index in [9.17, 15) is 13.2 Å². The summed E-state index contributed by atoms with van der Waals surface area (Å²) in [4.78, 5) is 0. The highest BCUT2D eigenvalue weighted by molar-refractivity contribution is 5.89. The summed E-state index contributed by atoms with van der Waals surface area (Å²) in [6, 6.07) is 8.17. The van der Waals surface area contributed by atoms with Crippen molar-refractivity contribution in [3.05, 3.63) is 41.5 Å². The molecule has 0 atom stereocenters. The van der Waals surface area contributed by atoms with E-state index in [0.29, 0.717) is 24.1 Å². The number of alkyl halides is 3. The highest BCUT2D eigenvalue weighted by atomic mass is 19.4. The van der Waals surface area contributed by atoms with Crippen molar-refractivity contribution in [3.8, 4) is 5.75 Å². The first-order valence-electron chi connectivity index (χ1n) is 9.29. The molecule has 2 aromatic rings. The highest BCUT2D eigenvalue weighted by Crippen LogP contribution is 2.42. The first-order valence-corrected chi connectivity index (χ1v) is 9.29. The zero-order chi connectivity index (χ0) is 18.7. The first-order chi connectivity index (χ1) is 12.4. The molecule has 142 valence electrons. The van der Waals surface area contributed by atoms with Crippen LogP contribution in [0.1, 0.15) is 50.2 Å².